The summed E-state index contributed by atoms with van der Waals surface area (Å²) in [7, 11) is 0. The molecule has 3 aliphatic carbocycles. The molecule has 0 unspecified atom stereocenters. The first kappa shape index (κ1) is 48.8. The maximum absolute atomic E-state index is 2.75. The van der Waals surface area contributed by atoms with E-state index in [1.165, 1.54) is 113 Å². The topological polar surface area (TPSA) is 9.72 Å². The van der Waals surface area contributed by atoms with Crippen molar-refractivity contribution in [1.82, 2.24) is 0 Å². The lowest BCUT2D eigenvalue weighted by atomic mass is 9.33. The van der Waals surface area contributed by atoms with Gasteiger partial charge in [0.25, 0.3) is 6.71 Å². The Labute approximate surface area is 455 Å². The molecule has 0 atom stereocenters. The number of hydrogen-bond acceptors (Lipinski definition) is 3. The largest absolute Gasteiger partial charge is 0.311 e. The number of nitrogens with zero attached hydrogens (tertiary/aromatic N) is 3. The monoisotopic (exact) mass is 994 g/mol. The minimum Gasteiger partial charge on any atom is -0.311 e. The lowest BCUT2D eigenvalue weighted by Crippen LogP contribution is -2.61. The van der Waals surface area contributed by atoms with Crippen LogP contribution in [0.1, 0.15) is 154 Å². The quantitative estimate of drug-likeness (QED) is 0.154. The van der Waals surface area contributed by atoms with Gasteiger partial charge < -0.3 is 14.7 Å². The van der Waals surface area contributed by atoms with Crippen molar-refractivity contribution >= 4 is 74.3 Å². The van der Waals surface area contributed by atoms with Crippen molar-refractivity contribution in [2.75, 3.05) is 14.7 Å². The summed E-state index contributed by atoms with van der Waals surface area (Å²) >= 11 is 0. The molecule has 0 bridgehead atoms. The zero-order valence-electron chi connectivity index (χ0n) is 47.5. The molecule has 382 valence electrons. The van der Waals surface area contributed by atoms with E-state index in [9.17, 15) is 0 Å². The van der Waals surface area contributed by atoms with E-state index in [-0.39, 0.29) is 39.2 Å². The molecule has 0 aromatic heterocycles. The fourth-order valence-corrected chi connectivity index (χ4v) is 15.2. The molecule has 0 spiro atoms. The van der Waals surface area contributed by atoms with Gasteiger partial charge >= 0.3 is 0 Å². The summed E-state index contributed by atoms with van der Waals surface area (Å²) in [5, 5.41) is 0. The van der Waals surface area contributed by atoms with Crippen LogP contribution in [-0.2, 0) is 32.5 Å². The molecule has 13 rings (SSSR count). The molecule has 8 aromatic carbocycles. The smallest absolute Gasteiger partial charge is 0.252 e. The van der Waals surface area contributed by atoms with E-state index in [1.54, 1.807) is 0 Å². The first-order chi connectivity index (χ1) is 36.0. The summed E-state index contributed by atoms with van der Waals surface area (Å²) < 4.78 is 0. The molecule has 4 heteroatoms. The lowest BCUT2D eigenvalue weighted by molar-refractivity contribution is 0.332. The van der Waals surface area contributed by atoms with Gasteiger partial charge in [0, 0.05) is 45.5 Å². The molecule has 0 saturated heterocycles. The number of benzene rings is 8. The van der Waals surface area contributed by atoms with E-state index in [0.717, 1.165) is 36.3 Å². The third-order valence-corrected chi connectivity index (χ3v) is 19.4. The number of anilines is 9. The maximum atomic E-state index is 2.75. The van der Waals surface area contributed by atoms with Crippen molar-refractivity contribution in [2.24, 2.45) is 0 Å². The third-order valence-electron chi connectivity index (χ3n) is 19.4. The van der Waals surface area contributed by atoms with E-state index in [2.05, 4.69) is 269 Å². The Bertz CT molecular complexity index is 3610. The van der Waals surface area contributed by atoms with E-state index in [0.29, 0.717) is 0 Å². The predicted molar refractivity (Wildman–Crippen MR) is 327 cm³/mol. The zero-order chi connectivity index (χ0) is 53.1. The second-order valence-electron chi connectivity index (χ2n) is 27.5. The van der Waals surface area contributed by atoms with Crippen LogP contribution in [0.5, 0.6) is 0 Å². The van der Waals surface area contributed by atoms with Crippen LogP contribution in [0.15, 0.2) is 164 Å². The summed E-state index contributed by atoms with van der Waals surface area (Å²) in [4.78, 5) is 7.91. The molecular formula is C72H76BN3. The average molecular weight is 994 g/mol. The summed E-state index contributed by atoms with van der Waals surface area (Å²) in [6, 6.07) is 63.7. The van der Waals surface area contributed by atoms with Gasteiger partial charge in [-0.1, -0.05) is 180 Å². The first-order valence-electron chi connectivity index (χ1n) is 28.4. The van der Waals surface area contributed by atoms with Crippen LogP contribution >= 0.6 is 0 Å². The van der Waals surface area contributed by atoms with Gasteiger partial charge in [0.15, 0.2) is 0 Å². The second-order valence-corrected chi connectivity index (χ2v) is 27.5. The van der Waals surface area contributed by atoms with Crippen molar-refractivity contribution in [3.05, 3.63) is 203 Å². The molecule has 2 aliphatic heterocycles. The normalized spacial score (nSPS) is 19.1. The van der Waals surface area contributed by atoms with Crippen molar-refractivity contribution in [3.8, 4) is 11.1 Å². The van der Waals surface area contributed by atoms with Gasteiger partial charge in [-0.25, -0.2) is 0 Å². The molecule has 0 saturated carbocycles. The second kappa shape index (κ2) is 16.6. The zero-order valence-corrected chi connectivity index (χ0v) is 47.5. The number of para-hydroxylation sites is 2. The van der Waals surface area contributed by atoms with Crippen LogP contribution in [0, 0.1) is 6.92 Å². The van der Waals surface area contributed by atoms with Gasteiger partial charge in [0.05, 0.1) is 5.69 Å². The lowest BCUT2D eigenvalue weighted by Gasteiger charge is -2.47. The van der Waals surface area contributed by atoms with Crippen LogP contribution in [0.4, 0.5) is 51.2 Å². The van der Waals surface area contributed by atoms with Crippen molar-refractivity contribution in [2.45, 2.75) is 155 Å². The standard InChI is InChI=1S/C72H76BN3/c1-46-37-54-57(70(8,9)36-35-68(54,4)5)43-62(46)76-63-44-58-56(71(10,11)45-72(58,12)13)42-60(63)73-59-38-48(47-23-17-14-18-24-47)29-32-61(59)75(51-30-31-53-55(39-51)69(6,7)34-33-67(53,2)3)64-40-52(41-65(76)66(64)73)74(49-25-19-15-20-26-49)50-27-21-16-22-28-50/h14-32,37-44H,33-36,45H2,1-13H3. The minimum atomic E-state index is -0.0479. The van der Waals surface area contributed by atoms with Gasteiger partial charge in [-0.15, -0.1) is 0 Å². The number of hydrogen-bond donors (Lipinski definition) is 0. The van der Waals surface area contributed by atoms with Crippen LogP contribution < -0.4 is 31.1 Å². The van der Waals surface area contributed by atoms with E-state index < -0.39 is 0 Å². The minimum absolute atomic E-state index is 0.00229. The van der Waals surface area contributed by atoms with Crippen molar-refractivity contribution in [3.63, 3.8) is 0 Å². The van der Waals surface area contributed by atoms with Crippen molar-refractivity contribution < 1.29 is 0 Å². The number of aryl methyl sites for hydroxylation is 1. The Morgan fingerprint density at radius 2 is 0.829 bits per heavy atom. The molecule has 0 N–H and O–H groups in total. The number of rotatable bonds is 6. The Morgan fingerprint density at radius 1 is 0.355 bits per heavy atom. The molecule has 0 fully saturated rings. The van der Waals surface area contributed by atoms with E-state index >= 15 is 0 Å². The Hall–Kier alpha value is -6.78. The average Bonchev–Trinajstić information content (AvgIpc) is 3.78. The van der Waals surface area contributed by atoms with E-state index in [4.69, 9.17) is 0 Å². The van der Waals surface area contributed by atoms with Gasteiger partial charge in [0.1, 0.15) is 0 Å². The summed E-state index contributed by atoms with van der Waals surface area (Å²) in [6.07, 6.45) is 5.77. The van der Waals surface area contributed by atoms with Crippen LogP contribution in [0.25, 0.3) is 11.1 Å². The first-order valence-corrected chi connectivity index (χ1v) is 28.4. The molecule has 2 heterocycles. The van der Waals surface area contributed by atoms with Gasteiger partial charge in [-0.2, -0.15) is 0 Å². The molecule has 3 nitrogen and oxygen atoms in total. The number of fused-ring (bicyclic) bond motifs is 7. The molecule has 5 aliphatic rings. The highest BCUT2D eigenvalue weighted by Gasteiger charge is 2.50. The molecule has 0 amide bonds. The highest BCUT2D eigenvalue weighted by Crippen LogP contribution is 2.56. The fourth-order valence-electron chi connectivity index (χ4n) is 15.2. The SMILES string of the molecule is Cc1cc2c(cc1N1c3cc4c(cc3B3c5cc(-c6ccccc6)ccc5N(c5ccc6c(c5)C(C)(C)CCC6(C)C)c5cc(N(c6ccccc6)c6ccccc6)cc1c53)C(C)(C)CC4(C)C)C(C)(C)CCC2(C)C. The molecule has 0 radical (unpaired) electrons. The molecular weight excluding hydrogens is 918 g/mol. The Morgan fingerprint density at radius 3 is 1.42 bits per heavy atom. The van der Waals surface area contributed by atoms with Crippen LogP contribution in [-0.4, -0.2) is 6.71 Å². The summed E-state index contributed by atoms with van der Waals surface area (Å²) in [5.41, 5.74) is 27.9. The highest BCUT2D eigenvalue weighted by atomic mass is 15.2. The highest BCUT2D eigenvalue weighted by molar-refractivity contribution is 7.00. The Kier molecular flexibility index (Phi) is 10.7. The van der Waals surface area contributed by atoms with Gasteiger partial charge in [-0.05, 0) is 205 Å². The fraction of sp³-hybridized carbons (Fsp3) is 0.333. The van der Waals surface area contributed by atoms with Gasteiger partial charge in [0.2, 0.25) is 0 Å². The molecule has 8 aromatic rings. The van der Waals surface area contributed by atoms with Crippen LogP contribution in [0.3, 0.4) is 0 Å². The van der Waals surface area contributed by atoms with Crippen LogP contribution in [0.2, 0.25) is 0 Å². The third kappa shape index (κ3) is 7.43. The summed E-state index contributed by atoms with van der Waals surface area (Å²) in [6.45, 7) is 32.0. The predicted octanol–water partition coefficient (Wildman–Crippen LogP) is 17.9. The Balaban J connectivity index is 1.20. The van der Waals surface area contributed by atoms with E-state index in [1.807, 2.05) is 0 Å². The molecule has 76 heavy (non-hydrogen) atoms. The summed E-state index contributed by atoms with van der Waals surface area (Å²) in [5.74, 6) is 0. The van der Waals surface area contributed by atoms with Crippen molar-refractivity contribution in [1.29, 1.82) is 0 Å². The van der Waals surface area contributed by atoms with Gasteiger partial charge in [-0.3, -0.25) is 0 Å². The maximum Gasteiger partial charge on any atom is 0.252 e.